The molecule has 4 heteroatoms. The average Bonchev–Trinajstić information content (AvgIpc) is 3.01. The number of rotatable bonds is 3. The molecule has 0 bridgehead atoms. The smallest absolute Gasteiger partial charge is 0.196 e. The van der Waals surface area contributed by atoms with Gasteiger partial charge in [-0.05, 0) is 12.1 Å². The van der Waals surface area contributed by atoms with E-state index in [1.165, 1.54) is 0 Å². The zero-order valence-electron chi connectivity index (χ0n) is 10.8. The van der Waals surface area contributed by atoms with E-state index in [2.05, 4.69) is 5.16 Å². The van der Waals surface area contributed by atoms with Crippen LogP contribution < -0.4 is 0 Å². The standard InChI is InChI=1S/C16H13NO3/c18-15-7-2-1-6-13(15)16(19)12-5-3-4-11(10-12)14-8-9-20-17-14/h1-6,10H,7-9H2. The van der Waals surface area contributed by atoms with Gasteiger partial charge in [0.2, 0.25) is 0 Å². The lowest BCUT2D eigenvalue weighted by Gasteiger charge is -2.08. The summed E-state index contributed by atoms with van der Waals surface area (Å²) in [5, 5.41) is 3.95. The quantitative estimate of drug-likeness (QED) is 0.624. The van der Waals surface area contributed by atoms with Crippen molar-refractivity contribution in [3.63, 3.8) is 0 Å². The van der Waals surface area contributed by atoms with Crippen LogP contribution in [0.5, 0.6) is 0 Å². The van der Waals surface area contributed by atoms with Crippen LogP contribution in [0.15, 0.2) is 53.2 Å². The molecular weight excluding hydrogens is 254 g/mol. The Morgan fingerprint density at radius 1 is 1.30 bits per heavy atom. The predicted molar refractivity (Wildman–Crippen MR) is 74.7 cm³/mol. The summed E-state index contributed by atoms with van der Waals surface area (Å²) in [6, 6.07) is 7.17. The molecule has 4 nitrogen and oxygen atoms in total. The minimum Gasteiger partial charge on any atom is -0.395 e. The molecule has 20 heavy (non-hydrogen) atoms. The van der Waals surface area contributed by atoms with Crippen molar-refractivity contribution in [2.75, 3.05) is 6.61 Å². The lowest BCUT2D eigenvalue weighted by Crippen LogP contribution is -2.14. The van der Waals surface area contributed by atoms with Crippen molar-refractivity contribution >= 4 is 17.3 Å². The van der Waals surface area contributed by atoms with E-state index < -0.39 is 0 Å². The molecule has 0 aromatic heterocycles. The van der Waals surface area contributed by atoms with Gasteiger partial charge < -0.3 is 4.84 Å². The number of Topliss-reactive ketones (excluding diaryl/α,β-unsaturated/α-hetero) is 2. The lowest BCUT2D eigenvalue weighted by atomic mass is 9.93. The Hall–Kier alpha value is -2.49. The second-order valence-corrected chi connectivity index (χ2v) is 4.67. The Kier molecular flexibility index (Phi) is 3.29. The van der Waals surface area contributed by atoms with Crippen LogP contribution in [0.4, 0.5) is 0 Å². The molecule has 3 rings (SSSR count). The number of hydrogen-bond donors (Lipinski definition) is 0. The minimum atomic E-state index is -0.235. The molecule has 0 radical (unpaired) electrons. The fourth-order valence-electron chi connectivity index (χ4n) is 2.25. The molecule has 1 aromatic carbocycles. The van der Waals surface area contributed by atoms with Crippen LogP contribution in [-0.2, 0) is 9.63 Å². The molecule has 0 amide bonds. The van der Waals surface area contributed by atoms with E-state index in [-0.39, 0.29) is 23.6 Å². The Balaban J connectivity index is 1.92. The highest BCUT2D eigenvalue weighted by Gasteiger charge is 2.21. The lowest BCUT2D eigenvalue weighted by molar-refractivity contribution is -0.114. The van der Waals surface area contributed by atoms with Gasteiger partial charge in [0.25, 0.3) is 0 Å². The monoisotopic (exact) mass is 267 g/mol. The second kappa shape index (κ2) is 5.25. The van der Waals surface area contributed by atoms with Gasteiger partial charge in [-0.15, -0.1) is 0 Å². The molecule has 1 aliphatic heterocycles. The van der Waals surface area contributed by atoms with Gasteiger partial charge in [0, 0.05) is 24.0 Å². The molecule has 0 saturated heterocycles. The van der Waals surface area contributed by atoms with Crippen molar-refractivity contribution in [1.82, 2.24) is 0 Å². The zero-order valence-corrected chi connectivity index (χ0v) is 10.8. The molecule has 1 aliphatic carbocycles. The molecule has 1 heterocycles. The molecule has 2 aliphatic rings. The maximum absolute atomic E-state index is 12.4. The van der Waals surface area contributed by atoms with Crippen molar-refractivity contribution in [3.05, 3.63) is 59.2 Å². The summed E-state index contributed by atoms with van der Waals surface area (Å²) >= 11 is 0. The Bertz CT molecular complexity index is 668. The van der Waals surface area contributed by atoms with E-state index in [0.29, 0.717) is 12.2 Å². The fourth-order valence-corrected chi connectivity index (χ4v) is 2.25. The molecule has 0 spiro atoms. The number of ketones is 2. The van der Waals surface area contributed by atoms with Gasteiger partial charge in [-0.3, -0.25) is 9.59 Å². The van der Waals surface area contributed by atoms with E-state index in [0.717, 1.165) is 17.7 Å². The van der Waals surface area contributed by atoms with Gasteiger partial charge in [-0.2, -0.15) is 0 Å². The van der Waals surface area contributed by atoms with E-state index in [4.69, 9.17) is 4.84 Å². The summed E-state index contributed by atoms with van der Waals surface area (Å²) in [5.41, 5.74) is 2.46. The highest BCUT2D eigenvalue weighted by molar-refractivity contribution is 6.27. The summed E-state index contributed by atoms with van der Waals surface area (Å²) in [4.78, 5) is 29.1. The Morgan fingerprint density at radius 3 is 2.95 bits per heavy atom. The third kappa shape index (κ3) is 2.32. The van der Waals surface area contributed by atoms with Crippen LogP contribution in [0.3, 0.4) is 0 Å². The molecule has 0 saturated carbocycles. The molecular formula is C16H13NO3. The van der Waals surface area contributed by atoms with Crippen LogP contribution in [0, 0.1) is 0 Å². The van der Waals surface area contributed by atoms with Gasteiger partial charge in [0.1, 0.15) is 6.61 Å². The zero-order chi connectivity index (χ0) is 13.9. The van der Waals surface area contributed by atoms with Crippen molar-refractivity contribution in [1.29, 1.82) is 0 Å². The molecule has 0 N–H and O–H groups in total. The second-order valence-electron chi connectivity index (χ2n) is 4.67. The Labute approximate surface area is 116 Å². The first kappa shape index (κ1) is 12.5. The highest BCUT2D eigenvalue weighted by Crippen LogP contribution is 2.18. The van der Waals surface area contributed by atoms with E-state index in [1.807, 2.05) is 6.07 Å². The largest absolute Gasteiger partial charge is 0.395 e. The summed E-state index contributed by atoms with van der Waals surface area (Å²) in [7, 11) is 0. The fraction of sp³-hybridized carbons (Fsp3) is 0.188. The third-order valence-corrected chi connectivity index (χ3v) is 3.31. The van der Waals surface area contributed by atoms with Crippen molar-refractivity contribution in [2.24, 2.45) is 5.16 Å². The maximum Gasteiger partial charge on any atom is 0.196 e. The van der Waals surface area contributed by atoms with E-state index in [9.17, 15) is 9.59 Å². The van der Waals surface area contributed by atoms with Crippen LogP contribution >= 0.6 is 0 Å². The van der Waals surface area contributed by atoms with Crippen LogP contribution in [0.1, 0.15) is 28.8 Å². The maximum atomic E-state index is 12.4. The van der Waals surface area contributed by atoms with E-state index >= 15 is 0 Å². The summed E-state index contributed by atoms with van der Waals surface area (Å²) < 4.78 is 0. The highest BCUT2D eigenvalue weighted by atomic mass is 16.6. The van der Waals surface area contributed by atoms with Crippen LogP contribution in [-0.4, -0.2) is 23.9 Å². The summed E-state index contributed by atoms with van der Waals surface area (Å²) in [6.45, 7) is 0.571. The van der Waals surface area contributed by atoms with Gasteiger partial charge in [0.15, 0.2) is 11.6 Å². The first-order valence-electron chi connectivity index (χ1n) is 6.50. The summed E-state index contributed by atoms with van der Waals surface area (Å²) in [5.74, 6) is -0.370. The first-order chi connectivity index (χ1) is 9.75. The number of oxime groups is 1. The number of benzene rings is 1. The molecule has 100 valence electrons. The summed E-state index contributed by atoms with van der Waals surface area (Å²) in [6.07, 6.45) is 6.10. The van der Waals surface area contributed by atoms with E-state index in [1.54, 1.807) is 36.4 Å². The number of carbonyl (C=O) groups excluding carboxylic acids is 2. The topological polar surface area (TPSA) is 55.7 Å². The average molecular weight is 267 g/mol. The van der Waals surface area contributed by atoms with Gasteiger partial charge in [0.05, 0.1) is 11.3 Å². The molecule has 0 fully saturated rings. The van der Waals surface area contributed by atoms with Crippen molar-refractivity contribution < 1.29 is 14.4 Å². The van der Waals surface area contributed by atoms with Crippen molar-refractivity contribution in [2.45, 2.75) is 12.8 Å². The van der Waals surface area contributed by atoms with Gasteiger partial charge in [-0.25, -0.2) is 0 Å². The van der Waals surface area contributed by atoms with Gasteiger partial charge >= 0.3 is 0 Å². The number of carbonyl (C=O) groups is 2. The molecule has 0 unspecified atom stereocenters. The van der Waals surface area contributed by atoms with Crippen molar-refractivity contribution in [3.8, 4) is 0 Å². The Morgan fingerprint density at radius 2 is 2.20 bits per heavy atom. The van der Waals surface area contributed by atoms with Crippen LogP contribution in [0.25, 0.3) is 0 Å². The third-order valence-electron chi connectivity index (χ3n) is 3.31. The number of allylic oxidation sites excluding steroid dienone is 4. The van der Waals surface area contributed by atoms with Crippen LogP contribution in [0.2, 0.25) is 0 Å². The van der Waals surface area contributed by atoms with Gasteiger partial charge in [-0.1, -0.05) is 35.5 Å². The number of hydrogen-bond acceptors (Lipinski definition) is 4. The molecule has 0 atom stereocenters. The number of nitrogens with zero attached hydrogens (tertiary/aromatic N) is 1. The first-order valence-corrected chi connectivity index (χ1v) is 6.50. The minimum absolute atomic E-state index is 0.135. The normalized spacial score (nSPS) is 17.5. The SMILES string of the molecule is O=C1CC=CC=C1C(=O)c1cccc(C2=NOCC2)c1. The molecule has 1 aromatic rings. The predicted octanol–water partition coefficient (Wildman–Crippen LogP) is 2.45.